The first-order chi connectivity index (χ1) is 9.11. The van der Waals surface area contributed by atoms with E-state index in [1.54, 1.807) is 12.1 Å². The van der Waals surface area contributed by atoms with E-state index in [0.717, 1.165) is 25.3 Å². The Morgan fingerprint density at radius 2 is 1.90 bits per heavy atom. The molecule has 0 atom stereocenters. The summed E-state index contributed by atoms with van der Waals surface area (Å²) in [6.45, 7) is 6.78. The van der Waals surface area contributed by atoms with E-state index in [0.29, 0.717) is 5.69 Å². The molecule has 0 spiro atoms. The number of hydrogen-bond donors (Lipinski definition) is 2. The maximum Gasteiger partial charge on any atom is 0.238 e. The lowest BCUT2D eigenvalue weighted by Crippen LogP contribution is -2.57. The highest BCUT2D eigenvalue weighted by Gasteiger charge is 2.32. The van der Waals surface area contributed by atoms with Gasteiger partial charge in [-0.25, -0.2) is 13.6 Å². The number of rotatable bonds is 2. The standard InChI is InChI=1S/C13H22N4O2S/c1-13(2)9-17(7-6-16(13)3)12-8-10(20(15,18)19)4-5-11(12)14/h4-5,8H,6-7,9,14H2,1-3H3,(H2,15,18,19). The highest BCUT2D eigenvalue weighted by Crippen LogP contribution is 2.30. The molecule has 1 aliphatic rings. The number of piperazine rings is 1. The van der Waals surface area contributed by atoms with Crippen molar-refractivity contribution < 1.29 is 8.42 Å². The Morgan fingerprint density at radius 1 is 1.25 bits per heavy atom. The molecule has 0 aromatic heterocycles. The largest absolute Gasteiger partial charge is 0.397 e. The summed E-state index contributed by atoms with van der Waals surface area (Å²) in [5.41, 5.74) is 7.30. The van der Waals surface area contributed by atoms with Crippen LogP contribution in [0, 0.1) is 0 Å². The van der Waals surface area contributed by atoms with Gasteiger partial charge in [-0.05, 0) is 39.1 Å². The van der Waals surface area contributed by atoms with E-state index >= 15 is 0 Å². The zero-order valence-corrected chi connectivity index (χ0v) is 12.9. The van der Waals surface area contributed by atoms with Gasteiger partial charge in [0.1, 0.15) is 0 Å². The fourth-order valence-corrected chi connectivity index (χ4v) is 2.95. The lowest BCUT2D eigenvalue weighted by molar-refractivity contribution is 0.139. The number of nitrogen functional groups attached to an aromatic ring is 1. The molecule has 112 valence electrons. The molecule has 6 nitrogen and oxygen atoms in total. The quantitative estimate of drug-likeness (QED) is 0.773. The molecular weight excluding hydrogens is 276 g/mol. The zero-order chi connectivity index (χ0) is 15.1. The van der Waals surface area contributed by atoms with Crippen LogP contribution in [0.15, 0.2) is 23.1 Å². The fourth-order valence-electron chi connectivity index (χ4n) is 2.42. The minimum absolute atomic E-state index is 0.00227. The Labute approximate surface area is 120 Å². The Hall–Kier alpha value is -1.31. The van der Waals surface area contributed by atoms with Gasteiger partial charge < -0.3 is 10.6 Å². The number of sulfonamides is 1. The van der Waals surface area contributed by atoms with Gasteiger partial charge in [0.2, 0.25) is 10.0 Å². The smallest absolute Gasteiger partial charge is 0.238 e. The first kappa shape index (κ1) is 15.1. The van der Waals surface area contributed by atoms with Crippen molar-refractivity contribution in [3.05, 3.63) is 18.2 Å². The number of benzene rings is 1. The van der Waals surface area contributed by atoms with Crippen LogP contribution in [0.3, 0.4) is 0 Å². The molecule has 1 heterocycles. The molecule has 1 aromatic carbocycles. The van der Waals surface area contributed by atoms with Gasteiger partial charge in [0.25, 0.3) is 0 Å². The van der Waals surface area contributed by atoms with Crippen LogP contribution in [-0.2, 0) is 10.0 Å². The maximum absolute atomic E-state index is 11.5. The molecule has 0 unspecified atom stereocenters. The minimum Gasteiger partial charge on any atom is -0.397 e. The Bertz CT molecular complexity index is 613. The minimum atomic E-state index is -3.71. The summed E-state index contributed by atoms with van der Waals surface area (Å²) in [5, 5.41) is 5.19. The summed E-state index contributed by atoms with van der Waals surface area (Å²) in [4.78, 5) is 4.49. The summed E-state index contributed by atoms with van der Waals surface area (Å²) >= 11 is 0. The van der Waals surface area contributed by atoms with Crippen molar-refractivity contribution >= 4 is 21.4 Å². The zero-order valence-electron chi connectivity index (χ0n) is 12.1. The Balaban J connectivity index is 2.38. The molecule has 0 radical (unpaired) electrons. The third kappa shape index (κ3) is 2.89. The average molecular weight is 298 g/mol. The maximum atomic E-state index is 11.5. The van der Waals surface area contributed by atoms with Crippen LogP contribution in [0.4, 0.5) is 11.4 Å². The van der Waals surface area contributed by atoms with Gasteiger partial charge in [-0.3, -0.25) is 4.90 Å². The monoisotopic (exact) mass is 298 g/mol. The van der Waals surface area contributed by atoms with Crippen LogP contribution in [0.1, 0.15) is 13.8 Å². The molecule has 2 rings (SSSR count). The van der Waals surface area contributed by atoms with Crippen LogP contribution < -0.4 is 15.8 Å². The number of nitrogens with zero attached hydrogens (tertiary/aromatic N) is 2. The van der Waals surface area contributed by atoms with E-state index < -0.39 is 10.0 Å². The second kappa shape index (κ2) is 4.91. The third-order valence-corrected chi connectivity index (χ3v) is 4.90. The van der Waals surface area contributed by atoms with Crippen molar-refractivity contribution in [3.8, 4) is 0 Å². The second-order valence-corrected chi connectivity index (χ2v) is 7.48. The number of likely N-dealkylation sites (N-methyl/N-ethyl adjacent to an activating group) is 1. The molecule has 0 aliphatic carbocycles. The number of hydrogen-bond acceptors (Lipinski definition) is 5. The Morgan fingerprint density at radius 3 is 2.45 bits per heavy atom. The molecule has 7 heteroatoms. The highest BCUT2D eigenvalue weighted by molar-refractivity contribution is 7.89. The Kier molecular flexibility index (Phi) is 3.70. The summed E-state index contributed by atoms with van der Waals surface area (Å²) in [6, 6.07) is 4.60. The van der Waals surface area contributed by atoms with Crippen LogP contribution >= 0.6 is 0 Å². The lowest BCUT2D eigenvalue weighted by atomic mass is 9.99. The van der Waals surface area contributed by atoms with Gasteiger partial charge in [0.15, 0.2) is 0 Å². The van der Waals surface area contributed by atoms with Crippen LogP contribution in [0.5, 0.6) is 0 Å². The molecule has 20 heavy (non-hydrogen) atoms. The fraction of sp³-hybridized carbons (Fsp3) is 0.538. The predicted octanol–water partition coefficient (Wildman–Crippen LogP) is 0.447. The van der Waals surface area contributed by atoms with E-state index in [-0.39, 0.29) is 10.4 Å². The molecule has 0 saturated carbocycles. The molecule has 1 fully saturated rings. The van der Waals surface area contributed by atoms with Gasteiger partial charge in [0, 0.05) is 25.2 Å². The van der Waals surface area contributed by atoms with Crippen molar-refractivity contribution in [1.29, 1.82) is 0 Å². The van der Waals surface area contributed by atoms with Crippen molar-refractivity contribution in [1.82, 2.24) is 4.90 Å². The summed E-state index contributed by atoms with van der Waals surface area (Å²) in [7, 11) is -1.63. The molecule has 0 amide bonds. The lowest BCUT2D eigenvalue weighted by Gasteiger charge is -2.46. The van der Waals surface area contributed by atoms with Crippen molar-refractivity contribution in [2.45, 2.75) is 24.3 Å². The summed E-state index contributed by atoms with van der Waals surface area (Å²) in [5.74, 6) is 0. The number of primary sulfonamides is 1. The van der Waals surface area contributed by atoms with Crippen LogP contribution in [0.25, 0.3) is 0 Å². The van der Waals surface area contributed by atoms with Gasteiger partial charge in [-0.1, -0.05) is 0 Å². The van der Waals surface area contributed by atoms with Gasteiger partial charge in [-0.15, -0.1) is 0 Å². The first-order valence-corrected chi connectivity index (χ1v) is 8.04. The van der Waals surface area contributed by atoms with Gasteiger partial charge in [-0.2, -0.15) is 0 Å². The first-order valence-electron chi connectivity index (χ1n) is 6.50. The molecule has 1 aromatic rings. The van der Waals surface area contributed by atoms with E-state index in [9.17, 15) is 8.42 Å². The van der Waals surface area contributed by atoms with E-state index in [4.69, 9.17) is 10.9 Å². The molecular formula is C13H22N4O2S. The third-order valence-electron chi connectivity index (χ3n) is 3.99. The number of nitrogens with two attached hydrogens (primary N) is 2. The van der Waals surface area contributed by atoms with E-state index in [1.165, 1.54) is 6.07 Å². The summed E-state index contributed by atoms with van der Waals surface area (Å²) < 4.78 is 22.9. The average Bonchev–Trinajstić information content (AvgIpc) is 2.32. The van der Waals surface area contributed by atoms with Crippen LogP contribution in [0.2, 0.25) is 0 Å². The van der Waals surface area contributed by atoms with E-state index in [2.05, 4.69) is 30.7 Å². The van der Waals surface area contributed by atoms with Crippen molar-refractivity contribution in [2.75, 3.05) is 37.3 Å². The van der Waals surface area contributed by atoms with E-state index in [1.807, 2.05) is 0 Å². The van der Waals surface area contributed by atoms with Crippen molar-refractivity contribution in [2.24, 2.45) is 5.14 Å². The predicted molar refractivity (Wildman–Crippen MR) is 81.1 cm³/mol. The molecule has 1 saturated heterocycles. The molecule has 4 N–H and O–H groups in total. The topological polar surface area (TPSA) is 92.7 Å². The highest BCUT2D eigenvalue weighted by atomic mass is 32.2. The van der Waals surface area contributed by atoms with Gasteiger partial charge >= 0.3 is 0 Å². The van der Waals surface area contributed by atoms with Gasteiger partial charge in [0.05, 0.1) is 16.3 Å². The normalized spacial score (nSPS) is 20.1. The van der Waals surface area contributed by atoms with Crippen LogP contribution in [-0.4, -0.2) is 45.5 Å². The molecule has 1 aliphatic heterocycles. The summed E-state index contributed by atoms with van der Waals surface area (Å²) in [6.07, 6.45) is 0. The second-order valence-electron chi connectivity index (χ2n) is 5.92. The number of anilines is 2. The SMILES string of the molecule is CN1CCN(c2cc(S(N)(=O)=O)ccc2N)CC1(C)C. The molecule has 0 bridgehead atoms. The van der Waals surface area contributed by atoms with Crippen molar-refractivity contribution in [3.63, 3.8) is 0 Å².